The van der Waals surface area contributed by atoms with Crippen molar-refractivity contribution in [1.29, 1.82) is 5.26 Å². The maximum absolute atomic E-state index is 13.5. The number of aromatic nitrogens is 1. The first-order valence-electron chi connectivity index (χ1n) is 7.10. The summed E-state index contributed by atoms with van der Waals surface area (Å²) in [6, 6.07) is 7.29. The van der Waals surface area contributed by atoms with E-state index >= 15 is 0 Å². The Morgan fingerprint density at radius 3 is 3.00 bits per heavy atom. The van der Waals surface area contributed by atoms with E-state index in [1.165, 1.54) is 24.3 Å². The van der Waals surface area contributed by atoms with Crippen LogP contribution in [0.5, 0.6) is 0 Å². The highest BCUT2D eigenvalue weighted by Crippen LogP contribution is 2.22. The van der Waals surface area contributed by atoms with Gasteiger partial charge in [0.25, 0.3) is 5.91 Å². The van der Waals surface area contributed by atoms with Crippen molar-refractivity contribution in [3.05, 3.63) is 46.0 Å². The number of H-pyrrole nitrogens is 1. The van der Waals surface area contributed by atoms with Gasteiger partial charge in [-0.25, -0.2) is 4.39 Å². The Morgan fingerprint density at radius 1 is 1.41 bits per heavy atom. The number of pyridine rings is 1. The molecule has 5 nitrogen and oxygen atoms in total. The van der Waals surface area contributed by atoms with Crippen LogP contribution in [-0.2, 0) is 0 Å². The molecule has 1 unspecified atom stereocenters. The summed E-state index contributed by atoms with van der Waals surface area (Å²) in [7, 11) is 0. The number of rotatable bonds is 1. The zero-order valence-electron chi connectivity index (χ0n) is 11.8. The Bertz CT molecular complexity index is 837. The van der Waals surface area contributed by atoms with Gasteiger partial charge in [-0.1, -0.05) is 0 Å². The molecule has 1 aliphatic heterocycles. The number of nitrogens with zero attached hydrogens (tertiary/aromatic N) is 2. The van der Waals surface area contributed by atoms with Crippen LogP contribution in [0.15, 0.2) is 29.1 Å². The van der Waals surface area contributed by atoms with Gasteiger partial charge in [0.05, 0.1) is 17.6 Å². The molecular weight excluding hydrogens is 285 g/mol. The average Bonchev–Trinajstić information content (AvgIpc) is 2.54. The summed E-state index contributed by atoms with van der Waals surface area (Å²) in [5.74, 6) is -0.994. The Labute approximate surface area is 126 Å². The van der Waals surface area contributed by atoms with E-state index in [9.17, 15) is 14.0 Å². The van der Waals surface area contributed by atoms with Crippen molar-refractivity contribution < 1.29 is 9.18 Å². The van der Waals surface area contributed by atoms with Crippen LogP contribution in [0.2, 0.25) is 0 Å². The van der Waals surface area contributed by atoms with Crippen molar-refractivity contribution >= 4 is 16.8 Å². The molecule has 0 saturated carbocycles. The van der Waals surface area contributed by atoms with Crippen LogP contribution < -0.4 is 5.56 Å². The Hall–Kier alpha value is -2.68. The Kier molecular flexibility index (Phi) is 3.63. The summed E-state index contributed by atoms with van der Waals surface area (Å²) in [4.78, 5) is 28.6. The molecule has 1 saturated heterocycles. The first kappa shape index (κ1) is 14.3. The van der Waals surface area contributed by atoms with E-state index in [1.807, 2.05) is 0 Å². The van der Waals surface area contributed by atoms with Crippen LogP contribution in [0.25, 0.3) is 10.9 Å². The summed E-state index contributed by atoms with van der Waals surface area (Å²) < 4.78 is 13.5. The molecule has 2 aromatic rings. The number of amides is 1. The van der Waals surface area contributed by atoms with Gasteiger partial charge < -0.3 is 9.88 Å². The summed E-state index contributed by atoms with van der Waals surface area (Å²) in [5, 5.41) is 9.40. The molecule has 0 radical (unpaired) electrons. The first-order chi connectivity index (χ1) is 10.6. The molecule has 22 heavy (non-hydrogen) atoms. The van der Waals surface area contributed by atoms with Gasteiger partial charge in [0.1, 0.15) is 5.82 Å². The largest absolute Gasteiger partial charge is 0.337 e. The molecule has 0 bridgehead atoms. The van der Waals surface area contributed by atoms with E-state index in [1.54, 1.807) is 4.90 Å². The zero-order chi connectivity index (χ0) is 15.7. The van der Waals surface area contributed by atoms with Gasteiger partial charge in [0.2, 0.25) is 5.56 Å². The van der Waals surface area contributed by atoms with E-state index in [4.69, 9.17) is 5.26 Å². The van der Waals surface area contributed by atoms with Crippen molar-refractivity contribution in [2.75, 3.05) is 13.1 Å². The van der Waals surface area contributed by atoms with Crippen LogP contribution in [0.4, 0.5) is 4.39 Å². The van der Waals surface area contributed by atoms with Gasteiger partial charge in [-0.3, -0.25) is 9.59 Å². The number of benzene rings is 1. The molecule has 1 aromatic heterocycles. The number of halogens is 1. The average molecular weight is 299 g/mol. The van der Waals surface area contributed by atoms with E-state index < -0.39 is 11.4 Å². The molecule has 2 heterocycles. The maximum atomic E-state index is 13.5. The third kappa shape index (κ3) is 2.58. The molecule has 1 N–H and O–H groups in total. The van der Waals surface area contributed by atoms with E-state index in [0.717, 1.165) is 12.8 Å². The normalized spacial score (nSPS) is 18.2. The van der Waals surface area contributed by atoms with Gasteiger partial charge in [-0.15, -0.1) is 0 Å². The van der Waals surface area contributed by atoms with Gasteiger partial charge in [0.15, 0.2) is 0 Å². The van der Waals surface area contributed by atoms with E-state index in [-0.39, 0.29) is 17.4 Å². The monoisotopic (exact) mass is 299 g/mol. The second-order valence-electron chi connectivity index (χ2n) is 5.46. The fraction of sp³-hybridized carbons (Fsp3) is 0.312. The molecule has 0 spiro atoms. The number of nitrogens with one attached hydrogen (secondary N) is 1. The Morgan fingerprint density at radius 2 is 2.23 bits per heavy atom. The van der Waals surface area contributed by atoms with Crippen molar-refractivity contribution in [1.82, 2.24) is 9.88 Å². The zero-order valence-corrected chi connectivity index (χ0v) is 11.8. The standard InChI is InChI=1S/C16H14FN3O2/c17-11-3-4-14-12(6-11)13(7-15(21)19-14)16(22)20-5-1-2-10(8-18)9-20/h3-4,6-7,10H,1-2,5,9H2,(H,19,21). The van der Waals surface area contributed by atoms with Gasteiger partial charge >= 0.3 is 0 Å². The molecule has 1 amide bonds. The fourth-order valence-corrected chi connectivity index (χ4v) is 2.84. The number of nitriles is 1. The van der Waals surface area contributed by atoms with Gasteiger partial charge in [-0.05, 0) is 31.0 Å². The lowest BCUT2D eigenvalue weighted by molar-refractivity contribution is 0.0700. The Balaban J connectivity index is 2.05. The number of piperidine rings is 1. The van der Waals surface area contributed by atoms with E-state index in [0.29, 0.717) is 24.0 Å². The van der Waals surface area contributed by atoms with E-state index in [2.05, 4.69) is 11.1 Å². The second-order valence-corrected chi connectivity index (χ2v) is 5.46. The van der Waals surface area contributed by atoms with Crippen molar-refractivity contribution in [3.63, 3.8) is 0 Å². The van der Waals surface area contributed by atoms with Crippen LogP contribution in [-0.4, -0.2) is 28.9 Å². The molecule has 0 aliphatic carbocycles. The predicted molar refractivity (Wildman–Crippen MR) is 78.8 cm³/mol. The maximum Gasteiger partial charge on any atom is 0.254 e. The number of fused-ring (bicyclic) bond motifs is 1. The number of carbonyl (C=O) groups is 1. The highest BCUT2D eigenvalue weighted by atomic mass is 19.1. The van der Waals surface area contributed by atoms with Crippen molar-refractivity contribution in [2.24, 2.45) is 5.92 Å². The molecule has 1 atom stereocenters. The molecule has 112 valence electrons. The van der Waals surface area contributed by atoms with Crippen molar-refractivity contribution in [3.8, 4) is 6.07 Å². The fourth-order valence-electron chi connectivity index (χ4n) is 2.84. The van der Waals surface area contributed by atoms with Gasteiger partial charge in [0, 0.05) is 30.1 Å². The van der Waals surface area contributed by atoms with Crippen LogP contribution in [0.1, 0.15) is 23.2 Å². The summed E-state index contributed by atoms with van der Waals surface area (Å²) in [5.41, 5.74) is 0.194. The van der Waals surface area contributed by atoms with Gasteiger partial charge in [-0.2, -0.15) is 5.26 Å². The van der Waals surface area contributed by atoms with Crippen LogP contribution in [0.3, 0.4) is 0 Å². The molecule has 6 heteroatoms. The number of carbonyl (C=O) groups excluding carboxylic acids is 1. The molecule has 1 aliphatic rings. The molecule has 3 rings (SSSR count). The minimum atomic E-state index is -0.470. The highest BCUT2D eigenvalue weighted by molar-refractivity contribution is 6.06. The minimum absolute atomic E-state index is 0.178. The quantitative estimate of drug-likeness (QED) is 0.875. The molecule has 1 fully saturated rings. The third-order valence-electron chi connectivity index (χ3n) is 3.93. The summed E-state index contributed by atoms with van der Waals surface area (Å²) >= 11 is 0. The first-order valence-corrected chi connectivity index (χ1v) is 7.10. The number of hydrogen-bond acceptors (Lipinski definition) is 3. The molecule has 1 aromatic carbocycles. The number of hydrogen-bond donors (Lipinski definition) is 1. The number of aromatic amines is 1. The minimum Gasteiger partial charge on any atom is -0.337 e. The highest BCUT2D eigenvalue weighted by Gasteiger charge is 2.25. The van der Waals surface area contributed by atoms with Crippen LogP contribution in [0, 0.1) is 23.1 Å². The summed E-state index contributed by atoms with van der Waals surface area (Å²) in [6.07, 6.45) is 1.52. The second kappa shape index (κ2) is 5.60. The lowest BCUT2D eigenvalue weighted by Gasteiger charge is -2.29. The van der Waals surface area contributed by atoms with Crippen molar-refractivity contribution in [2.45, 2.75) is 12.8 Å². The lowest BCUT2D eigenvalue weighted by atomic mass is 9.98. The predicted octanol–water partition coefficient (Wildman–Crippen LogP) is 2.04. The smallest absolute Gasteiger partial charge is 0.254 e. The summed E-state index contributed by atoms with van der Waals surface area (Å²) in [6.45, 7) is 0.888. The van der Waals surface area contributed by atoms with Crippen LogP contribution >= 0.6 is 0 Å². The topological polar surface area (TPSA) is 77.0 Å². The number of likely N-dealkylation sites (tertiary alicyclic amines) is 1. The lowest BCUT2D eigenvalue weighted by Crippen LogP contribution is -2.40. The SMILES string of the molecule is N#CC1CCCN(C(=O)c2cc(=O)[nH]c3ccc(F)cc23)C1. The third-order valence-corrected chi connectivity index (χ3v) is 3.93. The molecular formula is C16H14FN3O2.